The van der Waals surface area contributed by atoms with Crippen molar-refractivity contribution in [3.05, 3.63) is 65.5 Å². The zero-order valence-corrected chi connectivity index (χ0v) is 21.5. The molecule has 24 heavy (non-hydrogen) atoms. The van der Waals surface area contributed by atoms with E-state index >= 15 is 0 Å². The molecule has 0 radical (unpaired) electrons. The van der Waals surface area contributed by atoms with E-state index in [-0.39, 0.29) is 80.1 Å². The van der Waals surface area contributed by atoms with E-state index in [1.54, 1.807) is 17.8 Å². The third-order valence-electron chi connectivity index (χ3n) is 3.51. The van der Waals surface area contributed by atoms with Crippen molar-refractivity contribution in [1.29, 1.82) is 0 Å². The van der Waals surface area contributed by atoms with Crippen LogP contribution in [0.2, 0.25) is 5.02 Å². The number of benzene rings is 2. The van der Waals surface area contributed by atoms with E-state index in [0.717, 1.165) is 22.6 Å². The van der Waals surface area contributed by atoms with Crippen molar-refractivity contribution >= 4 is 23.4 Å². The van der Waals surface area contributed by atoms with E-state index in [9.17, 15) is 4.39 Å². The van der Waals surface area contributed by atoms with Crippen LogP contribution in [-0.2, 0) is 11.3 Å². The zero-order valence-electron chi connectivity index (χ0n) is 13.7. The minimum Gasteiger partial charge on any atom is -0.542 e. The Balaban J connectivity index is 0.00000208. The third-order valence-corrected chi connectivity index (χ3v) is 4.95. The fraction of sp³-hybridized carbons (Fsp3) is 0.278. The first-order valence-electron chi connectivity index (χ1n) is 7.42. The first kappa shape index (κ1) is 21.1. The van der Waals surface area contributed by atoms with Gasteiger partial charge in [0, 0.05) is 10.5 Å². The molecule has 1 heterocycles. The van der Waals surface area contributed by atoms with E-state index in [0.29, 0.717) is 17.5 Å². The van der Waals surface area contributed by atoms with Crippen LogP contribution in [0, 0.1) is 18.3 Å². The minimum atomic E-state index is -0.347. The number of ether oxygens (including phenoxy) is 2. The summed E-state index contributed by atoms with van der Waals surface area (Å²) in [5.41, 5.74) is 0.917. The van der Waals surface area contributed by atoms with Gasteiger partial charge in [0.15, 0.2) is 0 Å². The summed E-state index contributed by atoms with van der Waals surface area (Å²) in [5.74, 6) is 0.901. The second kappa shape index (κ2) is 10.2. The van der Waals surface area contributed by atoms with Crippen molar-refractivity contribution < 1.29 is 82.8 Å². The Morgan fingerprint density at radius 2 is 2.17 bits per heavy atom. The van der Waals surface area contributed by atoms with Gasteiger partial charge in [-0.3, -0.25) is 0 Å². The van der Waals surface area contributed by atoms with Crippen LogP contribution in [-0.4, -0.2) is 5.44 Å². The summed E-state index contributed by atoms with van der Waals surface area (Å²) < 4.78 is 24.4. The molecule has 0 amide bonds. The van der Waals surface area contributed by atoms with E-state index in [4.69, 9.17) is 21.1 Å². The summed E-state index contributed by atoms with van der Waals surface area (Å²) >= 11 is 7.70. The predicted molar refractivity (Wildman–Crippen MR) is 91.0 cm³/mol. The van der Waals surface area contributed by atoms with Gasteiger partial charge in [-0.1, -0.05) is 42.4 Å². The van der Waals surface area contributed by atoms with Crippen LogP contribution < -0.4 is 73.6 Å². The van der Waals surface area contributed by atoms with Crippen LogP contribution in [0.15, 0.2) is 47.4 Å². The normalized spacial score (nSPS) is 19.8. The quantitative estimate of drug-likeness (QED) is 0.608. The third kappa shape index (κ3) is 6.21. The average molecular weight is 485 g/mol. The molecule has 2 atom stereocenters. The Morgan fingerprint density at radius 1 is 1.33 bits per heavy atom. The molecule has 2 aromatic carbocycles. The molecule has 1 fully saturated rings. The molecule has 1 aliphatic rings. The molecule has 1 aliphatic heterocycles. The molecule has 1 saturated heterocycles. The summed E-state index contributed by atoms with van der Waals surface area (Å²) in [6.07, 6.45) is 1.01. The maximum Gasteiger partial charge on any atom is 1.00 e. The van der Waals surface area contributed by atoms with Gasteiger partial charge in [0.05, 0.1) is 10.5 Å². The summed E-state index contributed by atoms with van der Waals surface area (Å²) in [6, 6.07) is 12.2. The minimum absolute atomic E-state index is 0. The van der Waals surface area contributed by atoms with Gasteiger partial charge >= 0.3 is 68.9 Å². The Kier molecular flexibility index (Phi) is 9.01. The summed E-state index contributed by atoms with van der Waals surface area (Å²) in [6.45, 7) is 4.35. The van der Waals surface area contributed by atoms with Crippen LogP contribution in [0.1, 0.15) is 18.9 Å². The Labute approximate surface area is 210 Å². The van der Waals surface area contributed by atoms with Crippen LogP contribution in [0.3, 0.4) is 0 Å². The fourth-order valence-corrected chi connectivity index (χ4v) is 3.69. The van der Waals surface area contributed by atoms with Gasteiger partial charge in [0.1, 0.15) is 18.2 Å². The van der Waals surface area contributed by atoms with E-state index in [1.807, 2.05) is 30.9 Å². The van der Waals surface area contributed by atoms with E-state index in [2.05, 4.69) is 6.92 Å². The fourth-order valence-electron chi connectivity index (χ4n) is 2.30. The Hall–Kier alpha value is 0.822. The molecule has 0 aromatic heterocycles. The number of halogens is 2. The SMILES string of the molecule is C[C@H]1[CH-]OC(Sc2cccc(OCc3ccc(F)cc3Cl)c2)C1.[Cs+]. The van der Waals surface area contributed by atoms with Gasteiger partial charge in [-0.15, -0.1) is 5.92 Å². The van der Waals surface area contributed by atoms with Gasteiger partial charge < -0.3 is 9.47 Å². The van der Waals surface area contributed by atoms with Crippen LogP contribution in [0.25, 0.3) is 0 Å². The maximum absolute atomic E-state index is 13.0. The Bertz CT molecular complexity index is 686. The first-order chi connectivity index (χ1) is 11.1. The topological polar surface area (TPSA) is 18.5 Å². The standard InChI is InChI=1S/C18H17ClFO2S.Cs/c1-12-7-18(22-10-12)23-16-4-2-3-15(9-16)21-11-13-5-6-14(20)8-17(13)19;/h2-6,8-10,12,18H,7,11H2,1H3;/q-1;+1/t12-,18?;/m1./s1. The smallest absolute Gasteiger partial charge is 0.542 e. The van der Waals surface area contributed by atoms with Crippen molar-refractivity contribution in [2.45, 2.75) is 30.3 Å². The number of rotatable bonds is 5. The molecular weight excluding hydrogens is 468 g/mol. The largest absolute Gasteiger partial charge is 1.00 e. The molecule has 0 saturated carbocycles. The summed E-state index contributed by atoms with van der Waals surface area (Å²) in [5, 5.41) is 0.374. The van der Waals surface area contributed by atoms with Crippen molar-refractivity contribution in [3.8, 4) is 5.75 Å². The number of hydrogen-bond donors (Lipinski definition) is 0. The van der Waals surface area contributed by atoms with Crippen molar-refractivity contribution in [1.82, 2.24) is 0 Å². The molecule has 0 aliphatic carbocycles. The summed E-state index contributed by atoms with van der Waals surface area (Å²) in [7, 11) is 0. The van der Waals surface area contributed by atoms with Gasteiger partial charge in [-0.2, -0.15) is 0 Å². The molecule has 0 N–H and O–H groups in total. The Morgan fingerprint density at radius 3 is 2.88 bits per heavy atom. The molecule has 0 spiro atoms. The average Bonchev–Trinajstić information content (AvgIpc) is 2.92. The number of thioether (sulfide) groups is 1. The molecule has 122 valence electrons. The second-order valence-electron chi connectivity index (χ2n) is 5.53. The molecule has 2 nitrogen and oxygen atoms in total. The van der Waals surface area contributed by atoms with Crippen LogP contribution in [0.5, 0.6) is 5.75 Å². The molecule has 0 bridgehead atoms. The molecular formula is C18H17ClCsFO2S. The molecule has 6 heteroatoms. The molecule has 1 unspecified atom stereocenters. The van der Waals surface area contributed by atoms with Gasteiger partial charge in [0.2, 0.25) is 0 Å². The van der Waals surface area contributed by atoms with Gasteiger partial charge in [-0.05, 0) is 36.8 Å². The van der Waals surface area contributed by atoms with Gasteiger partial charge in [-0.25, -0.2) is 11.0 Å². The molecule has 2 aromatic rings. The first-order valence-corrected chi connectivity index (χ1v) is 8.68. The second-order valence-corrected chi connectivity index (χ2v) is 7.17. The maximum atomic E-state index is 13.0. The van der Waals surface area contributed by atoms with Crippen molar-refractivity contribution in [3.63, 3.8) is 0 Å². The zero-order chi connectivity index (χ0) is 16.2. The van der Waals surface area contributed by atoms with Gasteiger partial charge in [0.25, 0.3) is 0 Å². The molecule has 3 rings (SSSR count). The monoisotopic (exact) mass is 484 g/mol. The van der Waals surface area contributed by atoms with Crippen LogP contribution >= 0.6 is 23.4 Å². The van der Waals surface area contributed by atoms with Crippen molar-refractivity contribution in [2.24, 2.45) is 5.92 Å². The number of hydrogen-bond acceptors (Lipinski definition) is 3. The van der Waals surface area contributed by atoms with Crippen molar-refractivity contribution in [2.75, 3.05) is 0 Å². The summed E-state index contributed by atoms with van der Waals surface area (Å²) in [4.78, 5) is 1.10. The van der Waals surface area contributed by atoms with E-state index in [1.165, 1.54) is 12.1 Å². The van der Waals surface area contributed by atoms with E-state index < -0.39 is 0 Å². The predicted octanol–water partition coefficient (Wildman–Crippen LogP) is 2.70. The van der Waals surface area contributed by atoms with Crippen LogP contribution in [0.4, 0.5) is 4.39 Å².